The van der Waals surface area contributed by atoms with Crippen LogP contribution in [0, 0.1) is 11.3 Å². The lowest BCUT2D eigenvalue weighted by Gasteiger charge is -2.06. The Balaban J connectivity index is 1.51. The molecule has 5 aromatic rings. The van der Waals surface area contributed by atoms with Crippen LogP contribution in [0.1, 0.15) is 21.7 Å². The number of methoxy groups -OCH3 is 3. The summed E-state index contributed by atoms with van der Waals surface area (Å²) in [5.41, 5.74) is 3.68. The molecule has 0 unspecified atom stereocenters. The molecule has 0 saturated heterocycles. The van der Waals surface area contributed by atoms with Gasteiger partial charge in [-0.1, -0.05) is 24.3 Å². The minimum absolute atomic E-state index is 0.152. The van der Waals surface area contributed by atoms with Gasteiger partial charge in [0.1, 0.15) is 40.4 Å². The Morgan fingerprint density at radius 1 is 0.775 bits per heavy atom. The fourth-order valence-electron chi connectivity index (χ4n) is 4.18. The number of carbonyl (C=O) groups is 1. The van der Waals surface area contributed by atoms with Gasteiger partial charge < -0.3 is 23.0 Å². The number of ether oxygens (including phenoxy) is 3. The highest BCUT2D eigenvalue weighted by atomic mass is 16.5. The fraction of sp³-hybridized carbons (Fsp3) is 0.0938. The van der Waals surface area contributed by atoms with E-state index in [2.05, 4.69) is 11.1 Å². The molecule has 0 bridgehead atoms. The number of benzene rings is 3. The first-order chi connectivity index (χ1) is 19.5. The number of carbonyl (C=O) groups excluding carboxylic acids is 1. The minimum Gasteiger partial charge on any atom is -0.497 e. The minimum atomic E-state index is -0.409. The van der Waals surface area contributed by atoms with Gasteiger partial charge in [0.25, 0.3) is 0 Å². The predicted octanol–water partition coefficient (Wildman–Crippen LogP) is 7.30. The number of hydrogen-bond donors (Lipinski definition) is 0. The van der Waals surface area contributed by atoms with E-state index in [4.69, 9.17) is 23.0 Å². The summed E-state index contributed by atoms with van der Waals surface area (Å²) >= 11 is 0. The molecular formula is C32H24N2O6. The largest absolute Gasteiger partial charge is 0.497 e. The molecule has 0 amide bonds. The van der Waals surface area contributed by atoms with E-state index in [-0.39, 0.29) is 11.4 Å². The van der Waals surface area contributed by atoms with E-state index in [0.29, 0.717) is 39.9 Å². The van der Waals surface area contributed by atoms with Crippen molar-refractivity contribution in [2.75, 3.05) is 21.3 Å². The van der Waals surface area contributed by atoms with Crippen molar-refractivity contribution in [2.45, 2.75) is 0 Å². The monoisotopic (exact) mass is 532 g/mol. The van der Waals surface area contributed by atoms with Crippen LogP contribution >= 0.6 is 0 Å². The van der Waals surface area contributed by atoms with E-state index in [1.54, 1.807) is 50.6 Å². The van der Waals surface area contributed by atoms with Gasteiger partial charge >= 0.3 is 5.97 Å². The Morgan fingerprint density at radius 3 is 1.95 bits per heavy atom. The quantitative estimate of drug-likeness (QED) is 0.152. The molecule has 5 rings (SSSR count). The van der Waals surface area contributed by atoms with Crippen LogP contribution in [0.15, 0.2) is 98.8 Å². The van der Waals surface area contributed by atoms with E-state index in [1.807, 2.05) is 48.5 Å². The number of hydrogen-bond acceptors (Lipinski definition) is 8. The lowest BCUT2D eigenvalue weighted by atomic mass is 9.98. The summed E-state index contributed by atoms with van der Waals surface area (Å²) in [6.07, 6.45) is 1.50. The van der Waals surface area contributed by atoms with Crippen molar-refractivity contribution in [2.24, 2.45) is 4.99 Å². The van der Waals surface area contributed by atoms with Crippen molar-refractivity contribution in [1.29, 1.82) is 5.26 Å². The zero-order chi connectivity index (χ0) is 28.1. The van der Waals surface area contributed by atoms with E-state index >= 15 is 0 Å². The second-order valence-corrected chi connectivity index (χ2v) is 8.58. The number of aliphatic imine (C=N–C) groups is 1. The second-order valence-electron chi connectivity index (χ2n) is 8.58. The number of furan rings is 2. The molecular weight excluding hydrogens is 508 g/mol. The molecule has 2 aromatic heterocycles. The lowest BCUT2D eigenvalue weighted by Crippen LogP contribution is -2.00. The molecule has 0 spiro atoms. The third-order valence-corrected chi connectivity index (χ3v) is 6.26. The molecule has 0 aliphatic rings. The van der Waals surface area contributed by atoms with Gasteiger partial charge in [-0.3, -0.25) is 0 Å². The number of rotatable bonds is 8. The summed E-state index contributed by atoms with van der Waals surface area (Å²) < 4.78 is 27.4. The molecule has 8 heteroatoms. The van der Waals surface area contributed by atoms with Crippen molar-refractivity contribution >= 4 is 18.1 Å². The molecule has 0 N–H and O–H groups in total. The van der Waals surface area contributed by atoms with Crippen molar-refractivity contribution < 1.29 is 27.8 Å². The maximum Gasteiger partial charge on any atom is 0.337 e. The van der Waals surface area contributed by atoms with Crippen LogP contribution in [0.4, 0.5) is 5.88 Å². The van der Waals surface area contributed by atoms with Gasteiger partial charge in [-0.05, 0) is 66.2 Å². The first-order valence-electron chi connectivity index (χ1n) is 12.2. The van der Waals surface area contributed by atoms with Crippen molar-refractivity contribution in [3.8, 4) is 51.3 Å². The Kier molecular flexibility index (Phi) is 7.47. The third-order valence-electron chi connectivity index (χ3n) is 6.26. The summed E-state index contributed by atoms with van der Waals surface area (Å²) in [5, 5.41) is 10.1. The second kappa shape index (κ2) is 11.5. The van der Waals surface area contributed by atoms with Crippen molar-refractivity contribution in [3.63, 3.8) is 0 Å². The highest BCUT2D eigenvalue weighted by Gasteiger charge is 2.23. The molecule has 0 fully saturated rings. The van der Waals surface area contributed by atoms with E-state index in [1.165, 1.54) is 13.3 Å². The van der Waals surface area contributed by atoms with Gasteiger partial charge in [-0.15, -0.1) is 0 Å². The zero-order valence-electron chi connectivity index (χ0n) is 22.0. The Hall–Kier alpha value is -5.55. The Morgan fingerprint density at radius 2 is 1.38 bits per heavy atom. The normalized spacial score (nSPS) is 10.8. The van der Waals surface area contributed by atoms with Crippen LogP contribution in [0.25, 0.3) is 33.8 Å². The highest BCUT2D eigenvalue weighted by molar-refractivity contribution is 5.91. The molecule has 0 aliphatic carbocycles. The smallest absolute Gasteiger partial charge is 0.337 e. The first-order valence-corrected chi connectivity index (χ1v) is 12.2. The number of esters is 1. The van der Waals surface area contributed by atoms with Crippen LogP contribution in [-0.4, -0.2) is 33.5 Å². The van der Waals surface area contributed by atoms with E-state index in [0.717, 1.165) is 16.7 Å². The average Bonchev–Trinajstić information content (AvgIpc) is 3.64. The number of nitriles is 1. The van der Waals surface area contributed by atoms with Crippen LogP contribution in [0.3, 0.4) is 0 Å². The molecule has 0 saturated carbocycles. The van der Waals surface area contributed by atoms with Gasteiger partial charge in [-0.25, -0.2) is 9.79 Å². The van der Waals surface area contributed by atoms with Crippen molar-refractivity contribution in [1.82, 2.24) is 0 Å². The third kappa shape index (κ3) is 5.22. The average molecular weight is 533 g/mol. The number of nitrogens with zero attached hydrogens (tertiary/aromatic N) is 2. The van der Waals surface area contributed by atoms with Gasteiger partial charge in [0.15, 0.2) is 0 Å². The molecule has 0 radical (unpaired) electrons. The summed E-state index contributed by atoms with van der Waals surface area (Å²) in [7, 11) is 4.54. The maximum absolute atomic E-state index is 11.7. The standard InChI is InChI=1S/C32H24N2O6/c1-36-24-12-8-21(9-13-24)29-27(18-33)31(40-30(29)22-10-14-25(37-2)15-11-22)34-19-26-16-17-28(39-26)20-4-6-23(7-5-20)32(35)38-3/h4-17,19H,1-3H3. The predicted molar refractivity (Wildman–Crippen MR) is 150 cm³/mol. The maximum atomic E-state index is 11.7. The molecule has 8 nitrogen and oxygen atoms in total. The summed E-state index contributed by atoms with van der Waals surface area (Å²) in [6.45, 7) is 0. The topological polar surface area (TPSA) is 107 Å². The molecule has 2 heterocycles. The van der Waals surface area contributed by atoms with Crippen LogP contribution < -0.4 is 9.47 Å². The van der Waals surface area contributed by atoms with Gasteiger partial charge in [0.2, 0.25) is 5.88 Å². The first kappa shape index (κ1) is 26.1. The van der Waals surface area contributed by atoms with E-state index < -0.39 is 5.97 Å². The zero-order valence-corrected chi connectivity index (χ0v) is 22.0. The molecule has 40 heavy (non-hydrogen) atoms. The van der Waals surface area contributed by atoms with Gasteiger partial charge in [-0.2, -0.15) is 5.26 Å². The van der Waals surface area contributed by atoms with Crippen LogP contribution in [0.2, 0.25) is 0 Å². The van der Waals surface area contributed by atoms with Gasteiger partial charge in [0, 0.05) is 16.7 Å². The summed E-state index contributed by atoms with van der Waals surface area (Å²) in [5.74, 6) is 2.70. The Labute approximate surface area is 230 Å². The fourth-order valence-corrected chi connectivity index (χ4v) is 4.18. The lowest BCUT2D eigenvalue weighted by molar-refractivity contribution is 0.0600. The molecule has 0 atom stereocenters. The molecule has 3 aromatic carbocycles. The molecule has 0 aliphatic heterocycles. The highest BCUT2D eigenvalue weighted by Crippen LogP contribution is 2.43. The van der Waals surface area contributed by atoms with Crippen LogP contribution in [0.5, 0.6) is 11.5 Å². The SMILES string of the molecule is COC(=O)c1ccc(-c2ccc(C=Nc3oc(-c4ccc(OC)cc4)c(-c4ccc(OC)cc4)c3C#N)o2)cc1. The van der Waals surface area contributed by atoms with Crippen molar-refractivity contribution in [3.05, 3.63) is 102 Å². The van der Waals surface area contributed by atoms with Gasteiger partial charge in [0.05, 0.1) is 33.1 Å². The molecule has 198 valence electrons. The summed E-state index contributed by atoms with van der Waals surface area (Å²) in [4.78, 5) is 16.2. The van der Waals surface area contributed by atoms with E-state index in [9.17, 15) is 10.1 Å². The Bertz CT molecular complexity index is 1700. The van der Waals surface area contributed by atoms with Crippen LogP contribution in [-0.2, 0) is 4.74 Å². The summed E-state index contributed by atoms with van der Waals surface area (Å²) in [6, 6.07) is 27.5.